The van der Waals surface area contributed by atoms with Crippen LogP contribution in [0.3, 0.4) is 0 Å². The van der Waals surface area contributed by atoms with Crippen molar-refractivity contribution in [1.29, 1.82) is 5.26 Å². The van der Waals surface area contributed by atoms with Gasteiger partial charge in [0.2, 0.25) is 5.95 Å². The van der Waals surface area contributed by atoms with E-state index in [0.29, 0.717) is 36.5 Å². The van der Waals surface area contributed by atoms with Crippen LogP contribution >= 0.6 is 0 Å². The Kier molecular flexibility index (Phi) is 7.22. The molecule has 5 heterocycles. The molecule has 3 N–H and O–H groups in total. The number of aromatic nitrogens is 2. The van der Waals surface area contributed by atoms with Gasteiger partial charge in [0, 0.05) is 68.1 Å². The summed E-state index contributed by atoms with van der Waals surface area (Å²) in [5.74, 6) is 3.16. The molecular weight excluding hydrogens is 478 g/mol. The van der Waals surface area contributed by atoms with E-state index in [1.807, 2.05) is 6.07 Å². The fraction of sp³-hybridized carbons (Fsp3) is 0.643. The smallest absolute Gasteiger partial charge is 0.225 e. The number of piperidine rings is 2. The van der Waals surface area contributed by atoms with Crippen LogP contribution < -0.4 is 20.8 Å². The number of nitriles is 1. The van der Waals surface area contributed by atoms with Gasteiger partial charge in [-0.1, -0.05) is 0 Å². The van der Waals surface area contributed by atoms with Crippen molar-refractivity contribution in [3.63, 3.8) is 0 Å². The van der Waals surface area contributed by atoms with E-state index in [0.717, 1.165) is 80.0 Å². The molecule has 3 fully saturated rings. The summed E-state index contributed by atoms with van der Waals surface area (Å²) >= 11 is 0. The van der Waals surface area contributed by atoms with Crippen LogP contribution in [0.4, 0.5) is 11.8 Å². The summed E-state index contributed by atoms with van der Waals surface area (Å²) in [5, 5.41) is 21.6. The fourth-order valence-corrected chi connectivity index (χ4v) is 6.54. The summed E-state index contributed by atoms with van der Waals surface area (Å²) in [6.07, 6.45) is 8.28. The van der Waals surface area contributed by atoms with Crippen molar-refractivity contribution in [2.75, 3.05) is 37.3 Å². The summed E-state index contributed by atoms with van der Waals surface area (Å²) in [7, 11) is 2.17. The van der Waals surface area contributed by atoms with Gasteiger partial charge >= 0.3 is 0 Å². The molecule has 0 aliphatic carbocycles. The van der Waals surface area contributed by atoms with Crippen molar-refractivity contribution >= 4 is 28.5 Å². The first kappa shape index (κ1) is 25.1. The van der Waals surface area contributed by atoms with Crippen molar-refractivity contribution in [2.24, 2.45) is 5.10 Å². The number of fused-ring (bicyclic) bond motifs is 3. The molecule has 4 aliphatic heterocycles. The molecule has 0 amide bonds. The number of ether oxygens (including phenoxy) is 1. The van der Waals surface area contributed by atoms with Crippen LogP contribution in [-0.2, 0) is 0 Å². The fourth-order valence-electron chi connectivity index (χ4n) is 6.54. The van der Waals surface area contributed by atoms with Gasteiger partial charge in [-0.2, -0.15) is 15.3 Å². The number of nitrogens with one attached hydrogen (secondary N) is 3. The van der Waals surface area contributed by atoms with E-state index in [1.165, 1.54) is 12.8 Å². The number of nitrogens with zero attached hydrogens (tertiary/aromatic N) is 6. The first-order valence-corrected chi connectivity index (χ1v) is 14.2. The van der Waals surface area contributed by atoms with Gasteiger partial charge in [0.05, 0.1) is 11.6 Å². The average molecular weight is 518 g/mol. The van der Waals surface area contributed by atoms with Crippen molar-refractivity contribution in [1.82, 2.24) is 25.2 Å². The maximum Gasteiger partial charge on any atom is 0.225 e. The molecule has 0 spiro atoms. The maximum atomic E-state index is 9.05. The number of likely N-dealkylation sites (tertiary alicyclic amines) is 1. The summed E-state index contributed by atoms with van der Waals surface area (Å²) in [5.41, 5.74) is 3.99. The molecule has 0 saturated carbocycles. The van der Waals surface area contributed by atoms with Crippen LogP contribution in [0.5, 0.6) is 5.75 Å². The molecule has 3 saturated heterocycles. The third-order valence-corrected chi connectivity index (χ3v) is 8.52. The van der Waals surface area contributed by atoms with E-state index in [9.17, 15) is 0 Å². The van der Waals surface area contributed by atoms with Gasteiger partial charge < -0.3 is 25.7 Å². The lowest BCUT2D eigenvalue weighted by molar-refractivity contribution is 0.114. The van der Waals surface area contributed by atoms with Crippen LogP contribution in [0.25, 0.3) is 10.9 Å². The van der Waals surface area contributed by atoms with Gasteiger partial charge in [-0.05, 0) is 64.6 Å². The predicted molar refractivity (Wildman–Crippen MR) is 149 cm³/mol. The molecular formula is C28H39N9O. The molecule has 38 heavy (non-hydrogen) atoms. The van der Waals surface area contributed by atoms with Crippen molar-refractivity contribution in [3.8, 4) is 11.8 Å². The summed E-state index contributed by atoms with van der Waals surface area (Å²) in [4.78, 5) is 14.8. The third kappa shape index (κ3) is 5.49. The molecule has 2 aromatic rings. The van der Waals surface area contributed by atoms with Gasteiger partial charge in [-0.15, -0.1) is 0 Å². The Balaban J connectivity index is 1.23. The maximum absolute atomic E-state index is 9.05. The lowest BCUT2D eigenvalue weighted by atomic mass is 9.97. The van der Waals surface area contributed by atoms with Gasteiger partial charge in [-0.3, -0.25) is 4.90 Å². The number of amidine groups is 1. The molecule has 202 valence electrons. The van der Waals surface area contributed by atoms with Gasteiger partial charge in [-0.25, -0.2) is 4.98 Å². The van der Waals surface area contributed by atoms with E-state index < -0.39 is 0 Å². The Morgan fingerprint density at radius 3 is 2.63 bits per heavy atom. The number of rotatable bonds is 7. The molecule has 2 bridgehead atoms. The summed E-state index contributed by atoms with van der Waals surface area (Å²) in [6.45, 7) is 5.13. The molecule has 1 aromatic carbocycles. The Labute approximate surface area is 224 Å². The first-order chi connectivity index (χ1) is 18.5. The highest BCUT2D eigenvalue weighted by Gasteiger charge is 2.40. The molecule has 4 atom stereocenters. The highest BCUT2D eigenvalue weighted by Crippen LogP contribution is 2.37. The quantitative estimate of drug-likeness (QED) is 0.507. The molecule has 6 rings (SSSR count). The van der Waals surface area contributed by atoms with Crippen LogP contribution in [0.15, 0.2) is 23.3 Å². The van der Waals surface area contributed by atoms with Crippen molar-refractivity contribution < 1.29 is 4.74 Å². The minimum absolute atomic E-state index is 0.239. The van der Waals surface area contributed by atoms with E-state index in [-0.39, 0.29) is 6.10 Å². The lowest BCUT2D eigenvalue weighted by Gasteiger charge is -2.38. The zero-order valence-electron chi connectivity index (χ0n) is 22.5. The average Bonchev–Trinajstić information content (AvgIpc) is 3.42. The van der Waals surface area contributed by atoms with E-state index in [4.69, 9.17) is 20.0 Å². The second-order valence-corrected chi connectivity index (χ2v) is 11.5. The SMILES string of the molecule is CC1CC(Nc2nc(N[C@@H]3C[C@H]4CC[C@@H](C3)N4CCC#N)nc3cc(OC4CCN(C)CC4)ccc23)=NN1. The number of hydrogen-bond donors (Lipinski definition) is 3. The number of hydrazone groups is 1. The van der Waals surface area contributed by atoms with Crippen molar-refractivity contribution in [2.45, 2.75) is 88.6 Å². The summed E-state index contributed by atoms with van der Waals surface area (Å²) in [6, 6.07) is 10.2. The highest BCUT2D eigenvalue weighted by atomic mass is 16.5. The lowest BCUT2D eigenvalue weighted by Crippen LogP contribution is -2.47. The standard InChI is InChI=1S/C28H39N9O/c1-18-14-26(35-34-18)32-27-24-7-6-23(38-22-8-12-36(2)13-9-22)17-25(24)31-28(33-27)30-19-15-20-4-5-21(16-19)37(20)11-3-10-29/h6-7,17-22,34H,3-5,8-9,11-16H2,1-2H3,(H2,30,31,32,33,35)/t18?,19-,20-,21+. The minimum atomic E-state index is 0.239. The number of benzene rings is 1. The van der Waals surface area contributed by atoms with Crippen LogP contribution in [-0.4, -0.2) is 82.6 Å². The zero-order valence-corrected chi connectivity index (χ0v) is 22.5. The van der Waals surface area contributed by atoms with Gasteiger partial charge in [0.15, 0.2) is 0 Å². The van der Waals surface area contributed by atoms with Crippen LogP contribution in [0, 0.1) is 11.3 Å². The van der Waals surface area contributed by atoms with Crippen molar-refractivity contribution in [3.05, 3.63) is 18.2 Å². The molecule has 4 aliphatic rings. The van der Waals surface area contributed by atoms with E-state index in [1.54, 1.807) is 0 Å². The third-order valence-electron chi connectivity index (χ3n) is 8.52. The molecule has 1 unspecified atom stereocenters. The van der Waals surface area contributed by atoms with E-state index >= 15 is 0 Å². The van der Waals surface area contributed by atoms with Gasteiger partial charge in [0.1, 0.15) is 23.5 Å². The topological polar surface area (TPSA) is 114 Å². The Morgan fingerprint density at radius 2 is 1.92 bits per heavy atom. The van der Waals surface area contributed by atoms with Crippen LogP contribution in [0.2, 0.25) is 0 Å². The minimum Gasteiger partial charge on any atom is -0.490 e. The molecule has 10 nitrogen and oxygen atoms in total. The zero-order chi connectivity index (χ0) is 26.1. The highest BCUT2D eigenvalue weighted by molar-refractivity contribution is 6.03. The van der Waals surface area contributed by atoms with Gasteiger partial charge in [0.25, 0.3) is 0 Å². The Morgan fingerprint density at radius 1 is 1.13 bits per heavy atom. The number of anilines is 2. The Bertz CT molecular complexity index is 1200. The summed E-state index contributed by atoms with van der Waals surface area (Å²) < 4.78 is 6.38. The second kappa shape index (κ2) is 10.9. The van der Waals surface area contributed by atoms with Crippen LogP contribution in [0.1, 0.15) is 58.3 Å². The molecule has 0 radical (unpaired) electrons. The van der Waals surface area contributed by atoms with E-state index in [2.05, 4.69) is 63.1 Å². The molecule has 10 heteroatoms. The predicted octanol–water partition coefficient (Wildman–Crippen LogP) is 3.53. The number of hydrogen-bond acceptors (Lipinski definition) is 10. The Hall–Kier alpha value is -3.16. The monoisotopic (exact) mass is 517 g/mol. The molecule has 1 aromatic heterocycles. The largest absolute Gasteiger partial charge is 0.490 e. The normalized spacial score (nSPS) is 28.1. The first-order valence-electron chi connectivity index (χ1n) is 14.2. The second-order valence-electron chi connectivity index (χ2n) is 11.5.